The van der Waals surface area contributed by atoms with Crippen LogP contribution in [-0.4, -0.2) is 14.1 Å². The lowest BCUT2D eigenvalue weighted by molar-refractivity contribution is -0.571. The largest absolute Gasteiger partial charge is 0.458 e. The molecule has 0 aliphatic carbocycles. The molecule has 0 atom stereocenters. The molecule has 0 aliphatic heterocycles. The van der Waals surface area contributed by atoms with Crippen molar-refractivity contribution in [2.45, 2.75) is 78.1 Å². The number of para-hydroxylation sites is 2. The Hall–Kier alpha value is -8.80. The van der Waals surface area contributed by atoms with E-state index in [9.17, 15) is 2.74 Å². The summed E-state index contributed by atoms with van der Waals surface area (Å²) >= 11 is 0. The van der Waals surface area contributed by atoms with Gasteiger partial charge < -0.3 is 4.74 Å². The number of pyridine rings is 1. The van der Waals surface area contributed by atoms with Crippen LogP contribution in [0.3, 0.4) is 0 Å². The van der Waals surface area contributed by atoms with Gasteiger partial charge in [0.1, 0.15) is 17.3 Å². The molecule has 0 unspecified atom stereocenters. The van der Waals surface area contributed by atoms with E-state index in [0.29, 0.717) is 22.7 Å². The number of benzene rings is 9. The SMILES string of the molecule is [2H]c1c([2H])c([2H])c(-c2cccc(-c3cc(C(C)(C)C)cc(C(C)(C)C)c3)c2-[n+]2[c-]n(-c3cccc(Oc4ccc5c6ccccc6n(-c6cc(CC(C)(C)c7ccccc7)ccn6)c5c4)c3)c3cc(-c4ccccc4)ccc32)c([2H])c1[2H]. The van der Waals surface area contributed by atoms with Crippen molar-refractivity contribution in [2.24, 2.45) is 0 Å². The minimum absolute atomic E-state index is 0.0952. The zero-order valence-electron chi connectivity index (χ0n) is 50.0. The number of hydrogen-bond acceptors (Lipinski definition) is 2. The molecule has 0 spiro atoms. The molecular formula is C72H64N4O. The van der Waals surface area contributed by atoms with Crippen molar-refractivity contribution in [1.82, 2.24) is 14.1 Å². The summed E-state index contributed by atoms with van der Waals surface area (Å²) < 4.78 is 58.2. The van der Waals surface area contributed by atoms with Crippen LogP contribution in [0, 0.1) is 6.33 Å². The van der Waals surface area contributed by atoms with Crippen LogP contribution >= 0.6 is 0 Å². The van der Waals surface area contributed by atoms with Crippen LogP contribution in [0.5, 0.6) is 11.5 Å². The van der Waals surface area contributed by atoms with Crippen molar-refractivity contribution < 1.29 is 16.2 Å². The fourth-order valence-electron chi connectivity index (χ4n) is 10.8. The molecule has 0 amide bonds. The average Bonchev–Trinajstić information content (AvgIpc) is 2.98. The van der Waals surface area contributed by atoms with E-state index < -0.39 is 18.1 Å². The molecule has 5 heteroatoms. The monoisotopic (exact) mass is 1010 g/mol. The van der Waals surface area contributed by atoms with Crippen molar-refractivity contribution in [3.8, 4) is 62.1 Å². The Morgan fingerprint density at radius 3 is 1.91 bits per heavy atom. The zero-order chi connectivity index (χ0) is 57.4. The molecule has 378 valence electrons. The lowest BCUT2D eigenvalue weighted by Crippen LogP contribution is -2.31. The number of rotatable bonds is 11. The van der Waals surface area contributed by atoms with Gasteiger partial charge in [0, 0.05) is 23.0 Å². The Kier molecular flexibility index (Phi) is 10.9. The van der Waals surface area contributed by atoms with Crippen LogP contribution in [0.25, 0.3) is 83.4 Å². The summed E-state index contributed by atoms with van der Waals surface area (Å²) in [5.41, 5.74) is 13.7. The van der Waals surface area contributed by atoms with Crippen molar-refractivity contribution >= 4 is 32.8 Å². The standard InChI is InChI=1S/C72H64N4O/c1-70(2,3)55-41-53(42-56(44-55)71(4,5)6)61-32-21-31-60(51-24-14-10-15-25-51)69(61)75-48-74(67-43-52(34-37-65(67)75)50-22-12-9-13-23-50)57-28-20-29-58(45-57)77-59-35-36-63-62-30-18-19-33-64(62)76(66(63)46-59)68-40-49(38-39-73-68)47-72(7,8)54-26-16-11-17-27-54/h9-46H,47H2,1-8H3/i10D,14D,15D,24D,25D. The highest BCUT2D eigenvalue weighted by Gasteiger charge is 2.26. The third-order valence-corrected chi connectivity index (χ3v) is 15.0. The van der Waals surface area contributed by atoms with Crippen molar-refractivity contribution in [3.63, 3.8) is 0 Å². The molecule has 0 bridgehead atoms. The molecule has 0 aliphatic rings. The van der Waals surface area contributed by atoms with Gasteiger partial charge in [-0.15, -0.1) is 0 Å². The average molecular weight is 1010 g/mol. The minimum Gasteiger partial charge on any atom is -0.458 e. The van der Waals surface area contributed by atoms with Crippen molar-refractivity contribution in [3.05, 3.63) is 259 Å². The summed E-state index contributed by atoms with van der Waals surface area (Å²) in [6.45, 7) is 17.9. The highest BCUT2D eigenvalue weighted by atomic mass is 16.5. The quantitative estimate of drug-likeness (QED) is 0.0956. The van der Waals surface area contributed by atoms with Gasteiger partial charge in [0.2, 0.25) is 0 Å². The van der Waals surface area contributed by atoms with E-state index >= 15 is 0 Å². The van der Waals surface area contributed by atoms with Crippen LogP contribution in [0.2, 0.25) is 0 Å². The highest BCUT2D eigenvalue weighted by Crippen LogP contribution is 2.41. The smallest absolute Gasteiger partial charge is 0.269 e. The summed E-state index contributed by atoms with van der Waals surface area (Å²) in [5.74, 6) is 2.10. The molecule has 0 saturated heterocycles. The van der Waals surface area contributed by atoms with Crippen LogP contribution in [0.1, 0.15) is 84.5 Å². The summed E-state index contributed by atoms with van der Waals surface area (Å²) in [4.78, 5) is 4.98. The highest BCUT2D eigenvalue weighted by molar-refractivity contribution is 6.09. The van der Waals surface area contributed by atoms with Crippen molar-refractivity contribution in [1.29, 1.82) is 0 Å². The Balaban J connectivity index is 1.03. The first-order chi connectivity index (χ1) is 39.2. The second kappa shape index (κ2) is 19.4. The predicted octanol–water partition coefficient (Wildman–Crippen LogP) is 18.1. The molecule has 3 aromatic heterocycles. The van der Waals surface area contributed by atoms with Crippen molar-refractivity contribution in [2.75, 3.05) is 0 Å². The Morgan fingerprint density at radius 2 is 1.17 bits per heavy atom. The van der Waals surface area contributed by atoms with E-state index in [4.69, 9.17) is 13.8 Å². The Bertz CT molecular complexity index is 4390. The molecular weight excluding hydrogens is 937 g/mol. The zero-order valence-corrected chi connectivity index (χ0v) is 45.0. The third-order valence-electron chi connectivity index (χ3n) is 15.0. The lowest BCUT2D eigenvalue weighted by atomic mass is 9.78. The van der Waals surface area contributed by atoms with E-state index in [2.05, 4.69) is 200 Å². The topological polar surface area (TPSA) is 35.9 Å². The van der Waals surface area contributed by atoms with E-state index in [1.54, 1.807) is 0 Å². The molecule has 77 heavy (non-hydrogen) atoms. The van der Waals surface area contributed by atoms with E-state index in [1.165, 1.54) is 11.1 Å². The summed E-state index contributed by atoms with van der Waals surface area (Å²) in [5, 5.41) is 2.21. The lowest BCUT2D eigenvalue weighted by Gasteiger charge is -2.27. The minimum atomic E-state index is -0.445. The van der Waals surface area contributed by atoms with Gasteiger partial charge in [-0.3, -0.25) is 13.7 Å². The summed E-state index contributed by atoms with van der Waals surface area (Å²) in [6.07, 6.45) is 6.54. The molecule has 0 radical (unpaired) electrons. The molecule has 0 N–H and O–H groups in total. The van der Waals surface area contributed by atoms with Crippen LogP contribution in [-0.2, 0) is 22.7 Å². The van der Waals surface area contributed by atoms with E-state index in [-0.39, 0.29) is 33.9 Å². The Morgan fingerprint density at radius 1 is 0.506 bits per heavy atom. The number of hydrogen-bond donors (Lipinski definition) is 0. The molecule has 9 aromatic carbocycles. The van der Waals surface area contributed by atoms with E-state index in [0.717, 1.165) is 84.1 Å². The van der Waals surface area contributed by atoms with Crippen LogP contribution in [0.4, 0.5) is 0 Å². The van der Waals surface area contributed by atoms with Gasteiger partial charge in [-0.2, -0.15) is 0 Å². The molecule has 3 heterocycles. The maximum absolute atomic E-state index is 9.36. The van der Waals surface area contributed by atoms with Gasteiger partial charge in [0.15, 0.2) is 0 Å². The first-order valence-electron chi connectivity index (χ1n) is 29.0. The summed E-state index contributed by atoms with van der Waals surface area (Å²) in [7, 11) is 0. The van der Waals surface area contributed by atoms with Gasteiger partial charge in [-0.05, 0) is 133 Å². The van der Waals surface area contributed by atoms with Gasteiger partial charge in [0.05, 0.1) is 40.3 Å². The first-order valence-corrected chi connectivity index (χ1v) is 26.5. The Labute approximate surface area is 460 Å². The fourth-order valence-corrected chi connectivity index (χ4v) is 10.8. The fraction of sp³-hybridized carbons (Fsp3) is 0.167. The van der Waals surface area contributed by atoms with Crippen LogP contribution in [0.15, 0.2) is 231 Å². The number of ether oxygens (including phenoxy) is 1. The molecule has 5 nitrogen and oxygen atoms in total. The maximum atomic E-state index is 9.36. The first kappa shape index (κ1) is 43.4. The second-order valence-corrected chi connectivity index (χ2v) is 22.9. The molecule has 0 saturated carbocycles. The summed E-state index contributed by atoms with van der Waals surface area (Å²) in [6, 6.07) is 65.1. The third kappa shape index (κ3) is 9.52. The van der Waals surface area contributed by atoms with Gasteiger partial charge in [0.25, 0.3) is 6.33 Å². The maximum Gasteiger partial charge on any atom is 0.269 e. The normalized spacial score (nSPS) is 13.1. The van der Waals surface area contributed by atoms with Gasteiger partial charge in [-0.1, -0.05) is 219 Å². The predicted molar refractivity (Wildman–Crippen MR) is 319 cm³/mol. The second-order valence-electron chi connectivity index (χ2n) is 22.9. The number of fused-ring (bicyclic) bond motifs is 4. The molecule has 0 fully saturated rings. The number of aromatic nitrogens is 4. The number of nitrogens with zero attached hydrogens (tertiary/aromatic N) is 4. The van der Waals surface area contributed by atoms with Crippen LogP contribution < -0.4 is 9.30 Å². The molecule has 12 aromatic rings. The van der Waals surface area contributed by atoms with E-state index in [1.807, 2.05) is 76.0 Å². The van der Waals surface area contributed by atoms with Gasteiger partial charge in [-0.25, -0.2) is 4.98 Å². The molecule has 12 rings (SSSR count). The van der Waals surface area contributed by atoms with Gasteiger partial charge >= 0.3 is 0 Å². The number of imidazole rings is 1.